The van der Waals surface area contributed by atoms with Gasteiger partial charge in [-0.2, -0.15) is 0 Å². The molecule has 0 radical (unpaired) electrons. The van der Waals surface area contributed by atoms with Crippen LogP contribution in [0, 0.1) is 0 Å². The van der Waals surface area contributed by atoms with Crippen LogP contribution in [0.1, 0.15) is 0 Å². The Kier molecular flexibility index (Phi) is 7.91. The van der Waals surface area contributed by atoms with Gasteiger partial charge in [0.25, 0.3) is 0 Å². The zero-order valence-corrected chi connectivity index (χ0v) is 39.8. The number of aromatic nitrogens is 6. The van der Waals surface area contributed by atoms with Crippen molar-refractivity contribution in [1.29, 1.82) is 0 Å². The van der Waals surface area contributed by atoms with Crippen LogP contribution >= 0.6 is 0 Å². The van der Waals surface area contributed by atoms with E-state index in [1.807, 2.05) is 0 Å². The number of rotatable bonds is 4. The van der Waals surface area contributed by atoms with Crippen molar-refractivity contribution in [1.82, 2.24) is 28.1 Å². The zero-order chi connectivity index (χ0) is 48.2. The van der Waals surface area contributed by atoms with Gasteiger partial charge in [-0.05, 0) is 128 Å². The molecular formula is C68H40N6. The highest BCUT2D eigenvalue weighted by atomic mass is 15.2. The van der Waals surface area contributed by atoms with Gasteiger partial charge in [0.15, 0.2) is 0 Å². The molecule has 0 aliphatic carbocycles. The molecular weight excluding hydrogens is 901 g/mol. The van der Waals surface area contributed by atoms with Gasteiger partial charge in [0.1, 0.15) is 5.65 Å². The van der Waals surface area contributed by atoms with Crippen molar-refractivity contribution in [2.45, 2.75) is 0 Å². The van der Waals surface area contributed by atoms with Crippen LogP contribution < -0.4 is 0 Å². The largest absolute Gasteiger partial charge is 0.309 e. The maximum Gasteiger partial charge on any atom is 0.221 e. The van der Waals surface area contributed by atoms with Gasteiger partial charge in [-0.15, -0.1) is 0 Å². The number of para-hydroxylation sites is 5. The van der Waals surface area contributed by atoms with Crippen LogP contribution in [-0.2, 0) is 0 Å². The number of fused-ring (bicyclic) bond motifs is 20. The molecule has 17 aromatic rings. The van der Waals surface area contributed by atoms with E-state index in [4.69, 9.17) is 9.97 Å². The maximum absolute atomic E-state index is 5.53. The predicted molar refractivity (Wildman–Crippen MR) is 309 cm³/mol. The molecule has 342 valence electrons. The molecule has 0 bridgehead atoms. The topological polar surface area (TPSA) is 45.0 Å². The fourth-order valence-corrected chi connectivity index (χ4v) is 12.7. The van der Waals surface area contributed by atoms with Crippen molar-refractivity contribution in [3.05, 3.63) is 243 Å². The van der Waals surface area contributed by atoms with Gasteiger partial charge in [-0.3, -0.25) is 8.97 Å². The first-order valence-corrected chi connectivity index (χ1v) is 25.3. The number of hydrogen-bond donors (Lipinski definition) is 0. The van der Waals surface area contributed by atoms with Gasteiger partial charge in [-0.1, -0.05) is 158 Å². The average Bonchev–Trinajstić information content (AvgIpc) is 4.22. The molecule has 0 amide bonds. The molecule has 6 heteroatoms. The lowest BCUT2D eigenvalue weighted by atomic mass is 9.99. The van der Waals surface area contributed by atoms with Crippen molar-refractivity contribution < 1.29 is 0 Å². The highest BCUT2D eigenvalue weighted by Gasteiger charge is 2.24. The van der Waals surface area contributed by atoms with E-state index >= 15 is 0 Å². The Morgan fingerprint density at radius 3 is 1.27 bits per heavy atom. The van der Waals surface area contributed by atoms with E-state index in [0.29, 0.717) is 0 Å². The van der Waals surface area contributed by atoms with Gasteiger partial charge < -0.3 is 9.13 Å². The second-order valence-corrected chi connectivity index (χ2v) is 19.7. The second kappa shape index (κ2) is 14.8. The van der Waals surface area contributed by atoms with Gasteiger partial charge in [0.05, 0.1) is 49.7 Å². The monoisotopic (exact) mass is 940 g/mol. The van der Waals surface area contributed by atoms with Crippen LogP contribution in [0.3, 0.4) is 0 Å². The van der Waals surface area contributed by atoms with Crippen molar-refractivity contribution in [2.24, 2.45) is 0 Å². The van der Waals surface area contributed by atoms with Gasteiger partial charge in [-0.25, -0.2) is 9.97 Å². The summed E-state index contributed by atoms with van der Waals surface area (Å²) in [7, 11) is 0. The Morgan fingerprint density at radius 1 is 0.257 bits per heavy atom. The first-order chi connectivity index (χ1) is 36.7. The summed E-state index contributed by atoms with van der Waals surface area (Å²) < 4.78 is 9.58. The molecule has 5 aromatic heterocycles. The summed E-state index contributed by atoms with van der Waals surface area (Å²) in [5.41, 5.74) is 15.0. The normalized spacial score (nSPS) is 12.3. The number of imidazole rings is 1. The smallest absolute Gasteiger partial charge is 0.221 e. The summed E-state index contributed by atoms with van der Waals surface area (Å²) in [5, 5.41) is 15.7. The molecule has 0 saturated carbocycles. The van der Waals surface area contributed by atoms with Crippen LogP contribution in [0.4, 0.5) is 0 Å². The Bertz CT molecular complexity index is 5110. The van der Waals surface area contributed by atoms with E-state index in [1.165, 1.54) is 81.3 Å². The van der Waals surface area contributed by atoms with Crippen molar-refractivity contribution in [3.8, 4) is 28.5 Å². The van der Waals surface area contributed by atoms with E-state index in [-0.39, 0.29) is 0 Å². The Balaban J connectivity index is 0.993. The molecule has 12 aromatic carbocycles. The Morgan fingerprint density at radius 2 is 0.689 bits per heavy atom. The third-order valence-corrected chi connectivity index (χ3v) is 15.9. The predicted octanol–water partition coefficient (Wildman–Crippen LogP) is 17.5. The van der Waals surface area contributed by atoms with Crippen molar-refractivity contribution in [3.63, 3.8) is 0 Å². The van der Waals surface area contributed by atoms with E-state index in [9.17, 15) is 0 Å². The van der Waals surface area contributed by atoms with Crippen LogP contribution in [0.25, 0.3) is 154 Å². The lowest BCUT2D eigenvalue weighted by Gasteiger charge is -2.16. The molecule has 0 N–H and O–H groups in total. The maximum atomic E-state index is 5.53. The summed E-state index contributed by atoms with van der Waals surface area (Å²) in [6.45, 7) is 0. The van der Waals surface area contributed by atoms with E-state index in [0.717, 1.165) is 72.5 Å². The summed E-state index contributed by atoms with van der Waals surface area (Å²) in [4.78, 5) is 10.8. The molecule has 0 unspecified atom stereocenters. The van der Waals surface area contributed by atoms with E-state index in [1.54, 1.807) is 0 Å². The van der Waals surface area contributed by atoms with Crippen LogP contribution in [0.15, 0.2) is 243 Å². The van der Waals surface area contributed by atoms with Gasteiger partial charge in [0, 0.05) is 49.1 Å². The lowest BCUT2D eigenvalue weighted by molar-refractivity contribution is 0.980. The van der Waals surface area contributed by atoms with E-state index in [2.05, 4.69) is 261 Å². The van der Waals surface area contributed by atoms with Crippen molar-refractivity contribution >= 4 is 125 Å². The fourth-order valence-electron chi connectivity index (χ4n) is 12.7. The third-order valence-electron chi connectivity index (χ3n) is 15.9. The minimum atomic E-state index is 0.803. The number of nitrogens with zero attached hydrogens (tertiary/aromatic N) is 6. The quantitative estimate of drug-likeness (QED) is 0.176. The fraction of sp³-hybridized carbons (Fsp3) is 0. The van der Waals surface area contributed by atoms with E-state index < -0.39 is 0 Å². The highest BCUT2D eigenvalue weighted by molar-refractivity contribution is 6.24. The number of hydrogen-bond acceptors (Lipinski definition) is 2. The Hall–Kier alpha value is -10.0. The van der Waals surface area contributed by atoms with Crippen LogP contribution in [-0.4, -0.2) is 28.1 Å². The average molecular weight is 941 g/mol. The molecule has 0 aliphatic rings. The minimum absolute atomic E-state index is 0.803. The molecule has 6 nitrogen and oxygen atoms in total. The SMILES string of the molecule is c1ccc2c(c1)ccc1c2c2ccccc2n1-c1cc(-c2ccc3c(c2)c2c4ccccc4ccc2n3-c2nc3ccccc3c3nc4ccccc4n23)cc(-n2c3ccccc3c3c4ccccc4ccc32)c1. The highest BCUT2D eigenvalue weighted by Crippen LogP contribution is 2.44. The number of benzene rings is 12. The standard InChI is InChI=1S/C68H40N6/c1-4-18-48-41(15-1)29-34-61-64(48)52-22-8-12-26-57(52)71(61)46-37-45(38-47(40-46)72-58-27-13-9-23-53(58)65-49-19-5-2-16-42(49)30-35-62(65)72)44-32-33-59-54(39-44)66-50-20-6-3-17-43(50)31-36-63(66)73(59)68-70-55-24-10-7-21-51(55)67-69-56-25-11-14-28-60(56)74(67)68/h1-40H. The zero-order valence-electron chi connectivity index (χ0n) is 39.8. The lowest BCUT2D eigenvalue weighted by Crippen LogP contribution is -2.06. The first-order valence-electron chi connectivity index (χ1n) is 25.3. The summed E-state index contributed by atoms with van der Waals surface area (Å²) >= 11 is 0. The van der Waals surface area contributed by atoms with Crippen LogP contribution in [0.2, 0.25) is 0 Å². The van der Waals surface area contributed by atoms with Gasteiger partial charge >= 0.3 is 0 Å². The first kappa shape index (κ1) is 39.7. The third kappa shape index (κ3) is 5.38. The Labute approximate surface area is 422 Å². The molecule has 0 spiro atoms. The minimum Gasteiger partial charge on any atom is -0.309 e. The molecule has 0 aliphatic heterocycles. The van der Waals surface area contributed by atoms with Crippen molar-refractivity contribution in [2.75, 3.05) is 0 Å². The molecule has 0 fully saturated rings. The van der Waals surface area contributed by atoms with Crippen LogP contribution in [0.5, 0.6) is 0 Å². The summed E-state index contributed by atoms with van der Waals surface area (Å²) in [6, 6.07) is 88.8. The molecule has 17 rings (SSSR count). The second-order valence-electron chi connectivity index (χ2n) is 19.7. The molecule has 74 heavy (non-hydrogen) atoms. The summed E-state index contributed by atoms with van der Waals surface area (Å²) in [6.07, 6.45) is 0. The molecule has 0 atom stereocenters. The van der Waals surface area contributed by atoms with Gasteiger partial charge in [0.2, 0.25) is 5.95 Å². The summed E-state index contributed by atoms with van der Waals surface area (Å²) in [5.74, 6) is 0.803. The molecule has 0 saturated heterocycles. The molecule has 5 heterocycles.